The van der Waals surface area contributed by atoms with Crippen molar-refractivity contribution in [2.75, 3.05) is 0 Å². The van der Waals surface area contributed by atoms with Crippen molar-refractivity contribution in [2.45, 2.75) is 26.2 Å². The maximum atomic E-state index is 4.95. The van der Waals surface area contributed by atoms with Crippen LogP contribution in [0.2, 0.25) is 0 Å². The molecule has 0 fully saturated rings. The van der Waals surface area contributed by atoms with Crippen molar-refractivity contribution in [3.05, 3.63) is 72.3 Å². The van der Waals surface area contributed by atoms with E-state index in [4.69, 9.17) is 4.98 Å². The first-order chi connectivity index (χ1) is 12.0. The molecule has 0 saturated carbocycles. The summed E-state index contributed by atoms with van der Waals surface area (Å²) in [4.78, 5) is 4.95. The van der Waals surface area contributed by atoms with Crippen LogP contribution < -0.4 is 0 Å². The third kappa shape index (κ3) is 2.00. The molecule has 0 aliphatic carbocycles. The summed E-state index contributed by atoms with van der Waals surface area (Å²) in [6.45, 7) is 6.79. The van der Waals surface area contributed by atoms with E-state index < -0.39 is 0 Å². The lowest BCUT2D eigenvalue weighted by Gasteiger charge is -2.20. The van der Waals surface area contributed by atoms with Crippen LogP contribution in [-0.2, 0) is 5.41 Å². The highest BCUT2D eigenvalue weighted by atomic mass is 15.0. The number of nitrogens with zero attached hydrogens (tertiary/aromatic N) is 2. The van der Waals surface area contributed by atoms with Crippen molar-refractivity contribution in [3.63, 3.8) is 0 Å². The third-order valence-corrected chi connectivity index (χ3v) is 5.12. The molecule has 3 aromatic carbocycles. The van der Waals surface area contributed by atoms with Crippen molar-refractivity contribution in [2.24, 2.45) is 0 Å². The summed E-state index contributed by atoms with van der Waals surface area (Å²) in [6.07, 6.45) is 0. The van der Waals surface area contributed by atoms with Gasteiger partial charge in [0, 0.05) is 10.8 Å². The van der Waals surface area contributed by atoms with Crippen molar-refractivity contribution in [1.29, 1.82) is 0 Å². The number of para-hydroxylation sites is 3. The Labute approximate surface area is 146 Å². The summed E-state index contributed by atoms with van der Waals surface area (Å²) in [6, 6.07) is 23.8. The Morgan fingerprint density at radius 2 is 1.44 bits per heavy atom. The predicted molar refractivity (Wildman–Crippen MR) is 106 cm³/mol. The second-order valence-corrected chi connectivity index (χ2v) is 7.79. The molecule has 2 heteroatoms. The molecular formula is C23H20N2. The third-order valence-electron chi connectivity index (χ3n) is 5.12. The molecule has 2 aromatic heterocycles. The second-order valence-electron chi connectivity index (χ2n) is 7.79. The van der Waals surface area contributed by atoms with Crippen LogP contribution in [0.15, 0.2) is 66.7 Å². The molecule has 0 saturated heterocycles. The fraction of sp³-hybridized carbons (Fsp3) is 0.174. The number of pyridine rings is 1. The van der Waals surface area contributed by atoms with Gasteiger partial charge in [-0.3, -0.25) is 4.40 Å². The van der Waals surface area contributed by atoms with Crippen LogP contribution >= 0.6 is 0 Å². The molecule has 0 radical (unpaired) electrons. The van der Waals surface area contributed by atoms with Gasteiger partial charge >= 0.3 is 0 Å². The minimum Gasteiger partial charge on any atom is -0.292 e. The van der Waals surface area contributed by atoms with Gasteiger partial charge < -0.3 is 0 Å². The topological polar surface area (TPSA) is 17.3 Å². The van der Waals surface area contributed by atoms with E-state index in [2.05, 4.69) is 91.9 Å². The first-order valence-corrected chi connectivity index (χ1v) is 8.76. The molecule has 0 atom stereocenters. The van der Waals surface area contributed by atoms with E-state index in [-0.39, 0.29) is 5.41 Å². The number of aromatic nitrogens is 2. The molecular weight excluding hydrogens is 304 g/mol. The number of imidazole rings is 1. The van der Waals surface area contributed by atoms with Crippen LogP contribution in [0.25, 0.3) is 38.4 Å². The second kappa shape index (κ2) is 4.82. The molecule has 0 aliphatic heterocycles. The van der Waals surface area contributed by atoms with Crippen molar-refractivity contribution in [1.82, 2.24) is 9.38 Å². The zero-order valence-corrected chi connectivity index (χ0v) is 14.7. The van der Waals surface area contributed by atoms with Crippen LogP contribution in [0.1, 0.15) is 26.3 Å². The van der Waals surface area contributed by atoms with Crippen LogP contribution in [0.3, 0.4) is 0 Å². The monoisotopic (exact) mass is 324 g/mol. The highest BCUT2D eigenvalue weighted by Gasteiger charge is 2.17. The normalized spacial score (nSPS) is 12.6. The van der Waals surface area contributed by atoms with Crippen molar-refractivity contribution in [3.8, 4) is 0 Å². The van der Waals surface area contributed by atoms with Gasteiger partial charge in [-0.15, -0.1) is 0 Å². The van der Waals surface area contributed by atoms with E-state index in [0.717, 1.165) is 16.7 Å². The Bertz CT molecular complexity index is 1270. The molecule has 25 heavy (non-hydrogen) atoms. The molecule has 122 valence electrons. The first-order valence-electron chi connectivity index (χ1n) is 8.76. The molecule has 0 spiro atoms. The smallest absolute Gasteiger partial charge is 0.146 e. The Kier molecular flexibility index (Phi) is 2.79. The lowest BCUT2D eigenvalue weighted by atomic mass is 9.85. The van der Waals surface area contributed by atoms with E-state index in [9.17, 15) is 0 Å². The van der Waals surface area contributed by atoms with Gasteiger partial charge in [-0.2, -0.15) is 0 Å². The minimum atomic E-state index is 0.127. The molecule has 0 unspecified atom stereocenters. The average Bonchev–Trinajstić information content (AvgIpc) is 3.00. The summed E-state index contributed by atoms with van der Waals surface area (Å²) in [5.41, 5.74) is 5.93. The summed E-state index contributed by atoms with van der Waals surface area (Å²) in [5, 5.41) is 3.77. The minimum absolute atomic E-state index is 0.127. The van der Waals surface area contributed by atoms with E-state index >= 15 is 0 Å². The van der Waals surface area contributed by atoms with Crippen molar-refractivity contribution < 1.29 is 0 Å². The zero-order chi connectivity index (χ0) is 17.2. The maximum absolute atomic E-state index is 4.95. The molecule has 0 aliphatic rings. The van der Waals surface area contributed by atoms with Crippen molar-refractivity contribution >= 4 is 38.4 Å². The molecule has 0 bridgehead atoms. The molecule has 2 heterocycles. The highest BCUT2D eigenvalue weighted by Crippen LogP contribution is 2.34. The Morgan fingerprint density at radius 1 is 0.720 bits per heavy atom. The molecule has 0 N–H and O–H groups in total. The lowest BCUT2D eigenvalue weighted by molar-refractivity contribution is 0.591. The van der Waals surface area contributed by atoms with Crippen LogP contribution in [0.4, 0.5) is 0 Å². The molecule has 0 amide bonds. The quantitative estimate of drug-likeness (QED) is 0.315. The highest BCUT2D eigenvalue weighted by molar-refractivity contribution is 6.13. The molecule has 5 aromatic rings. The first kappa shape index (κ1) is 14.5. The van der Waals surface area contributed by atoms with Crippen LogP contribution in [0, 0.1) is 0 Å². The Balaban J connectivity index is 2.08. The van der Waals surface area contributed by atoms with Gasteiger partial charge in [0.2, 0.25) is 0 Å². The number of rotatable bonds is 0. The molecule has 5 rings (SSSR count). The van der Waals surface area contributed by atoms with Gasteiger partial charge in [0.05, 0.1) is 16.6 Å². The number of hydrogen-bond donors (Lipinski definition) is 0. The van der Waals surface area contributed by atoms with Crippen LogP contribution in [-0.4, -0.2) is 9.38 Å². The fourth-order valence-corrected chi connectivity index (χ4v) is 3.78. The number of benzene rings is 3. The SMILES string of the molecule is CC(C)(C)c1ccc2c(c1)c1ccccc1n1c3ccccc3nc21. The van der Waals surface area contributed by atoms with Crippen LogP contribution in [0.5, 0.6) is 0 Å². The van der Waals surface area contributed by atoms with E-state index in [1.54, 1.807) is 0 Å². The van der Waals surface area contributed by atoms with Gasteiger partial charge in [-0.1, -0.05) is 63.2 Å². The lowest BCUT2D eigenvalue weighted by Crippen LogP contribution is -2.10. The largest absolute Gasteiger partial charge is 0.292 e. The maximum Gasteiger partial charge on any atom is 0.146 e. The fourth-order valence-electron chi connectivity index (χ4n) is 3.78. The van der Waals surface area contributed by atoms with Gasteiger partial charge in [-0.05, 0) is 40.6 Å². The average molecular weight is 324 g/mol. The summed E-state index contributed by atoms with van der Waals surface area (Å²) < 4.78 is 2.30. The number of fused-ring (bicyclic) bond motifs is 8. The zero-order valence-electron chi connectivity index (χ0n) is 14.7. The number of hydrogen-bond acceptors (Lipinski definition) is 1. The molecule has 2 nitrogen and oxygen atoms in total. The van der Waals surface area contributed by atoms with Gasteiger partial charge in [0.1, 0.15) is 5.65 Å². The van der Waals surface area contributed by atoms with Gasteiger partial charge in [-0.25, -0.2) is 4.98 Å². The predicted octanol–water partition coefficient (Wildman–Crippen LogP) is 6.09. The van der Waals surface area contributed by atoms with E-state index in [1.165, 1.54) is 27.2 Å². The summed E-state index contributed by atoms with van der Waals surface area (Å²) in [7, 11) is 0. The summed E-state index contributed by atoms with van der Waals surface area (Å²) in [5.74, 6) is 0. The Morgan fingerprint density at radius 3 is 2.24 bits per heavy atom. The van der Waals surface area contributed by atoms with Gasteiger partial charge in [0.25, 0.3) is 0 Å². The standard InChI is InChI=1S/C23H20N2/c1-23(2,3)15-12-13-17-18(14-15)16-8-4-6-10-20(16)25-21-11-7-5-9-19(21)24-22(17)25/h4-14H,1-3H3. The van der Waals surface area contributed by atoms with Gasteiger partial charge in [0.15, 0.2) is 0 Å². The Hall–Kier alpha value is -2.87. The van der Waals surface area contributed by atoms with E-state index in [1.807, 2.05) is 0 Å². The van der Waals surface area contributed by atoms with E-state index in [0.29, 0.717) is 0 Å². The summed E-state index contributed by atoms with van der Waals surface area (Å²) >= 11 is 0.